The van der Waals surface area contributed by atoms with Gasteiger partial charge in [-0.1, -0.05) is 19.9 Å². The Morgan fingerprint density at radius 2 is 2.08 bits per heavy atom. The van der Waals surface area contributed by atoms with E-state index in [0.29, 0.717) is 12.0 Å². The van der Waals surface area contributed by atoms with Gasteiger partial charge in [0.1, 0.15) is 0 Å². The number of aliphatic hydroxyl groups is 1. The minimum atomic E-state index is -1.69. The van der Waals surface area contributed by atoms with Crippen molar-refractivity contribution < 1.29 is 15.0 Å². The predicted molar refractivity (Wildman–Crippen MR) is 49.4 cm³/mol. The molecule has 0 amide bonds. The highest BCUT2D eigenvalue weighted by atomic mass is 16.4. The summed E-state index contributed by atoms with van der Waals surface area (Å²) in [5.41, 5.74) is -1.72. The zero-order valence-electron chi connectivity index (χ0n) is 8.29. The molecule has 1 rings (SSSR count). The Kier molecular flexibility index (Phi) is 2.24. The number of hydrogen-bond donors (Lipinski definition) is 2. The molecule has 1 atom stereocenters. The quantitative estimate of drug-likeness (QED) is 0.608. The fraction of sp³-hybridized carbons (Fsp3) is 0.700. The molecule has 0 saturated carbocycles. The summed E-state index contributed by atoms with van der Waals surface area (Å²) in [7, 11) is 0. The number of hydrogen-bond acceptors (Lipinski definition) is 2. The first-order valence-corrected chi connectivity index (χ1v) is 4.45. The molecule has 0 heterocycles. The lowest BCUT2D eigenvalue weighted by Gasteiger charge is -2.42. The van der Waals surface area contributed by atoms with Gasteiger partial charge in [-0.05, 0) is 25.3 Å². The molecule has 0 fully saturated rings. The van der Waals surface area contributed by atoms with Crippen molar-refractivity contribution in [2.75, 3.05) is 0 Å². The van der Waals surface area contributed by atoms with Crippen LogP contribution in [0.5, 0.6) is 0 Å². The summed E-state index contributed by atoms with van der Waals surface area (Å²) in [4.78, 5) is 11.0. The smallest absolute Gasteiger partial charge is 0.340 e. The molecule has 0 aromatic heterocycles. The Balaban J connectivity index is 3.21. The normalized spacial score (nSPS) is 32.5. The number of carboxylic acid groups (broad SMARTS) is 1. The highest BCUT2D eigenvalue weighted by Gasteiger charge is 2.52. The van der Waals surface area contributed by atoms with E-state index in [1.807, 2.05) is 0 Å². The molecular formula is C10H16O3. The van der Waals surface area contributed by atoms with E-state index in [0.717, 1.165) is 6.42 Å². The van der Waals surface area contributed by atoms with Crippen molar-refractivity contribution in [3.63, 3.8) is 0 Å². The molecule has 3 heteroatoms. The lowest BCUT2D eigenvalue weighted by atomic mass is 9.65. The average Bonchev–Trinajstić information content (AvgIpc) is 1.99. The molecule has 0 spiro atoms. The maximum Gasteiger partial charge on any atom is 0.340 e. The largest absolute Gasteiger partial charge is 0.479 e. The zero-order valence-corrected chi connectivity index (χ0v) is 8.29. The number of carbonyl (C=O) groups is 1. The third kappa shape index (κ3) is 1.27. The van der Waals surface area contributed by atoms with E-state index in [4.69, 9.17) is 5.11 Å². The van der Waals surface area contributed by atoms with Crippen LogP contribution < -0.4 is 0 Å². The second-order valence-electron chi connectivity index (χ2n) is 4.33. The summed E-state index contributed by atoms with van der Waals surface area (Å²) in [6.07, 6.45) is 3.35. The first-order chi connectivity index (χ1) is 5.82. The standard InChI is InChI=1S/C10H16O3/c1-7-5-4-6-9(2,3)10(7,13)8(11)12/h5,13H,4,6H2,1-3H3,(H,11,12). The van der Waals surface area contributed by atoms with Crippen molar-refractivity contribution in [2.24, 2.45) is 5.41 Å². The van der Waals surface area contributed by atoms with Crippen LogP contribution in [0.15, 0.2) is 11.6 Å². The summed E-state index contributed by atoms with van der Waals surface area (Å²) in [6, 6.07) is 0. The van der Waals surface area contributed by atoms with Crippen LogP contribution >= 0.6 is 0 Å². The Hall–Kier alpha value is -0.830. The number of allylic oxidation sites excluding steroid dienone is 1. The predicted octanol–water partition coefficient (Wildman–Crippen LogP) is 1.57. The van der Waals surface area contributed by atoms with Gasteiger partial charge in [0.25, 0.3) is 0 Å². The Labute approximate surface area is 78.1 Å². The van der Waals surface area contributed by atoms with E-state index >= 15 is 0 Å². The van der Waals surface area contributed by atoms with Gasteiger partial charge in [0.2, 0.25) is 0 Å². The van der Waals surface area contributed by atoms with Gasteiger partial charge < -0.3 is 10.2 Å². The van der Waals surface area contributed by atoms with E-state index in [1.165, 1.54) is 0 Å². The molecule has 0 saturated heterocycles. The van der Waals surface area contributed by atoms with Crippen molar-refractivity contribution in [3.05, 3.63) is 11.6 Å². The van der Waals surface area contributed by atoms with Crippen molar-refractivity contribution in [1.29, 1.82) is 0 Å². The minimum absolute atomic E-state index is 0.552. The Bertz CT molecular complexity index is 265. The summed E-state index contributed by atoms with van der Waals surface area (Å²) in [5.74, 6) is -1.15. The van der Waals surface area contributed by atoms with Crippen LogP contribution in [-0.2, 0) is 4.79 Å². The molecule has 1 aliphatic carbocycles. The highest BCUT2D eigenvalue weighted by Crippen LogP contribution is 2.44. The third-order valence-corrected chi connectivity index (χ3v) is 3.08. The van der Waals surface area contributed by atoms with Crippen LogP contribution in [0.4, 0.5) is 0 Å². The highest BCUT2D eigenvalue weighted by molar-refractivity contribution is 5.82. The van der Waals surface area contributed by atoms with Crippen LogP contribution in [0, 0.1) is 5.41 Å². The Morgan fingerprint density at radius 3 is 2.38 bits per heavy atom. The fourth-order valence-corrected chi connectivity index (χ4v) is 1.97. The van der Waals surface area contributed by atoms with Gasteiger partial charge in [0, 0.05) is 5.41 Å². The van der Waals surface area contributed by atoms with Gasteiger partial charge >= 0.3 is 5.97 Å². The summed E-state index contributed by atoms with van der Waals surface area (Å²) >= 11 is 0. The van der Waals surface area contributed by atoms with Gasteiger partial charge in [0.05, 0.1) is 0 Å². The van der Waals surface area contributed by atoms with E-state index in [2.05, 4.69) is 0 Å². The van der Waals surface area contributed by atoms with Crippen LogP contribution in [-0.4, -0.2) is 21.8 Å². The van der Waals surface area contributed by atoms with Crippen LogP contribution in [0.25, 0.3) is 0 Å². The van der Waals surface area contributed by atoms with Crippen molar-refractivity contribution >= 4 is 5.97 Å². The molecule has 1 aliphatic rings. The maximum absolute atomic E-state index is 11.0. The van der Waals surface area contributed by atoms with Gasteiger partial charge in [-0.25, -0.2) is 4.79 Å². The molecule has 0 radical (unpaired) electrons. The number of rotatable bonds is 1. The van der Waals surface area contributed by atoms with Gasteiger partial charge in [0.15, 0.2) is 5.60 Å². The van der Waals surface area contributed by atoms with E-state index in [9.17, 15) is 9.90 Å². The summed E-state index contributed by atoms with van der Waals surface area (Å²) in [5, 5.41) is 19.1. The van der Waals surface area contributed by atoms with Crippen LogP contribution in [0.1, 0.15) is 33.6 Å². The maximum atomic E-state index is 11.0. The Morgan fingerprint density at radius 1 is 1.54 bits per heavy atom. The average molecular weight is 184 g/mol. The molecule has 0 aliphatic heterocycles. The monoisotopic (exact) mass is 184 g/mol. The van der Waals surface area contributed by atoms with Gasteiger partial charge in [-0.15, -0.1) is 0 Å². The number of aliphatic carboxylic acids is 1. The van der Waals surface area contributed by atoms with E-state index in [1.54, 1.807) is 26.8 Å². The number of carboxylic acids is 1. The zero-order chi connectivity index (χ0) is 10.3. The third-order valence-electron chi connectivity index (χ3n) is 3.08. The van der Waals surface area contributed by atoms with Crippen LogP contribution in [0.3, 0.4) is 0 Å². The molecule has 74 valence electrons. The fourth-order valence-electron chi connectivity index (χ4n) is 1.97. The second-order valence-corrected chi connectivity index (χ2v) is 4.33. The first-order valence-electron chi connectivity index (χ1n) is 4.45. The second kappa shape index (κ2) is 2.84. The summed E-state index contributed by atoms with van der Waals surface area (Å²) in [6.45, 7) is 5.25. The molecular weight excluding hydrogens is 168 g/mol. The SMILES string of the molecule is CC1=CCCC(C)(C)C1(O)C(=O)O. The van der Waals surface area contributed by atoms with Gasteiger partial charge in [-0.2, -0.15) is 0 Å². The van der Waals surface area contributed by atoms with Crippen molar-refractivity contribution in [2.45, 2.75) is 39.2 Å². The molecule has 0 aromatic rings. The molecule has 0 aromatic carbocycles. The molecule has 1 unspecified atom stereocenters. The molecule has 13 heavy (non-hydrogen) atoms. The molecule has 3 nitrogen and oxygen atoms in total. The molecule has 0 bridgehead atoms. The van der Waals surface area contributed by atoms with Crippen LogP contribution in [0.2, 0.25) is 0 Å². The van der Waals surface area contributed by atoms with Gasteiger partial charge in [-0.3, -0.25) is 0 Å². The minimum Gasteiger partial charge on any atom is -0.479 e. The first kappa shape index (κ1) is 10.3. The van der Waals surface area contributed by atoms with E-state index in [-0.39, 0.29) is 0 Å². The van der Waals surface area contributed by atoms with E-state index < -0.39 is 17.0 Å². The van der Waals surface area contributed by atoms with Crippen molar-refractivity contribution in [1.82, 2.24) is 0 Å². The van der Waals surface area contributed by atoms with Crippen molar-refractivity contribution in [3.8, 4) is 0 Å². The lowest BCUT2D eigenvalue weighted by molar-refractivity contribution is -0.167. The molecule has 2 N–H and O–H groups in total. The topological polar surface area (TPSA) is 57.5 Å². The summed E-state index contributed by atoms with van der Waals surface area (Å²) < 4.78 is 0. The lowest BCUT2D eigenvalue weighted by Crippen LogP contribution is -2.53.